The summed E-state index contributed by atoms with van der Waals surface area (Å²) in [4.78, 5) is 10.8. The maximum absolute atomic E-state index is 12.6. The van der Waals surface area contributed by atoms with Crippen LogP contribution in [0.3, 0.4) is 0 Å². The van der Waals surface area contributed by atoms with Crippen LogP contribution in [0.25, 0.3) is 0 Å². The van der Waals surface area contributed by atoms with Crippen LogP contribution in [0.2, 0.25) is 0 Å². The third kappa shape index (κ3) is 3.55. The van der Waals surface area contributed by atoms with Gasteiger partial charge in [-0.25, -0.2) is 17.2 Å². The second-order valence-electron chi connectivity index (χ2n) is 3.82. The van der Waals surface area contributed by atoms with Crippen molar-refractivity contribution in [1.29, 1.82) is 0 Å². The molecule has 1 fully saturated rings. The van der Waals surface area contributed by atoms with Gasteiger partial charge in [0.15, 0.2) is 0 Å². The van der Waals surface area contributed by atoms with E-state index in [-0.39, 0.29) is 24.3 Å². The summed E-state index contributed by atoms with van der Waals surface area (Å²) >= 11 is 0. The Bertz CT molecular complexity index is 382. The summed E-state index contributed by atoms with van der Waals surface area (Å²) in [7, 11) is -3.19. The fourth-order valence-corrected chi connectivity index (χ4v) is 2.91. The summed E-state index contributed by atoms with van der Waals surface area (Å²) in [6, 6.07) is -0.796. The monoisotopic (exact) mass is 277 g/mol. The van der Waals surface area contributed by atoms with Crippen LogP contribution in [0.5, 0.6) is 0 Å². The zero-order valence-corrected chi connectivity index (χ0v) is 9.44. The molecule has 9 heteroatoms. The van der Waals surface area contributed by atoms with E-state index >= 15 is 0 Å². The highest BCUT2D eigenvalue weighted by Crippen LogP contribution is 2.23. The standard InChI is InChI=1S/C8H11F4NO3S/c9-6(10)8(11,12)7(14)13-5-1-3-17(15,16)4-2-5/h5-6H,1-4H2,(H,13,14). The molecule has 0 saturated carbocycles. The molecule has 0 aromatic carbocycles. The summed E-state index contributed by atoms with van der Waals surface area (Å²) < 4.78 is 70.8. The lowest BCUT2D eigenvalue weighted by molar-refractivity contribution is -0.170. The largest absolute Gasteiger partial charge is 0.383 e. The quantitative estimate of drug-likeness (QED) is 0.768. The number of carbonyl (C=O) groups is 1. The lowest BCUT2D eigenvalue weighted by Crippen LogP contribution is -2.50. The summed E-state index contributed by atoms with van der Waals surface area (Å²) in [5.41, 5.74) is 0. The minimum Gasteiger partial charge on any atom is -0.348 e. The normalized spacial score (nSPS) is 21.5. The second-order valence-corrected chi connectivity index (χ2v) is 6.13. The number of hydrogen-bond acceptors (Lipinski definition) is 3. The van der Waals surface area contributed by atoms with Crippen molar-refractivity contribution in [2.45, 2.75) is 31.2 Å². The third-order valence-corrected chi connectivity index (χ3v) is 4.18. The highest BCUT2D eigenvalue weighted by Gasteiger charge is 2.49. The average Bonchev–Trinajstić information content (AvgIpc) is 2.20. The molecule has 0 bridgehead atoms. The number of rotatable bonds is 3. The first-order chi connectivity index (χ1) is 7.65. The van der Waals surface area contributed by atoms with E-state index in [0.717, 1.165) is 0 Å². The molecule has 1 saturated heterocycles. The van der Waals surface area contributed by atoms with Crippen LogP contribution in [0.15, 0.2) is 0 Å². The Balaban J connectivity index is 2.54. The molecule has 1 aliphatic rings. The molecule has 0 aliphatic carbocycles. The topological polar surface area (TPSA) is 63.2 Å². The number of alkyl halides is 4. The van der Waals surface area contributed by atoms with E-state index in [1.807, 2.05) is 0 Å². The molecule has 1 N–H and O–H groups in total. The maximum Gasteiger partial charge on any atom is 0.383 e. The van der Waals surface area contributed by atoms with Crippen molar-refractivity contribution in [3.63, 3.8) is 0 Å². The van der Waals surface area contributed by atoms with Gasteiger partial charge < -0.3 is 5.32 Å². The predicted molar refractivity (Wildman–Crippen MR) is 50.8 cm³/mol. The van der Waals surface area contributed by atoms with E-state index in [2.05, 4.69) is 0 Å². The first kappa shape index (κ1) is 14.2. The first-order valence-corrected chi connectivity index (χ1v) is 6.64. The van der Waals surface area contributed by atoms with Crippen molar-refractivity contribution in [2.24, 2.45) is 0 Å². The average molecular weight is 277 g/mol. The zero-order valence-electron chi connectivity index (χ0n) is 8.63. The van der Waals surface area contributed by atoms with Gasteiger partial charge in [-0.1, -0.05) is 0 Å². The summed E-state index contributed by atoms with van der Waals surface area (Å²) in [6.45, 7) is 0. The zero-order chi connectivity index (χ0) is 13.3. The number of amides is 1. The molecule has 0 unspecified atom stereocenters. The predicted octanol–water partition coefficient (Wildman–Crippen LogP) is 0.580. The molecule has 0 atom stereocenters. The Morgan fingerprint density at radius 2 is 1.71 bits per heavy atom. The summed E-state index contributed by atoms with van der Waals surface area (Å²) in [5, 5.41) is 1.74. The van der Waals surface area contributed by atoms with E-state index in [1.54, 1.807) is 5.32 Å². The van der Waals surface area contributed by atoms with Gasteiger partial charge in [0.2, 0.25) is 0 Å². The molecular weight excluding hydrogens is 266 g/mol. The van der Waals surface area contributed by atoms with E-state index in [9.17, 15) is 30.8 Å². The van der Waals surface area contributed by atoms with Gasteiger partial charge in [0.05, 0.1) is 11.5 Å². The fourth-order valence-electron chi connectivity index (χ4n) is 1.42. The van der Waals surface area contributed by atoms with Gasteiger partial charge in [0.25, 0.3) is 5.91 Å². The molecule has 0 aromatic rings. The molecule has 4 nitrogen and oxygen atoms in total. The Kier molecular flexibility index (Phi) is 4.00. The van der Waals surface area contributed by atoms with Crippen molar-refractivity contribution in [1.82, 2.24) is 5.32 Å². The number of hydrogen-bond donors (Lipinski definition) is 1. The van der Waals surface area contributed by atoms with Crippen LogP contribution in [-0.4, -0.2) is 44.2 Å². The number of nitrogens with one attached hydrogen (secondary N) is 1. The molecule has 0 aromatic heterocycles. The van der Waals surface area contributed by atoms with Gasteiger partial charge in [-0.15, -0.1) is 0 Å². The molecule has 0 spiro atoms. The molecule has 0 radical (unpaired) electrons. The van der Waals surface area contributed by atoms with Crippen LogP contribution in [-0.2, 0) is 14.6 Å². The van der Waals surface area contributed by atoms with Gasteiger partial charge in [0.1, 0.15) is 9.84 Å². The summed E-state index contributed by atoms with van der Waals surface area (Å²) in [6.07, 6.45) is -4.14. The van der Waals surface area contributed by atoms with Crippen molar-refractivity contribution in [2.75, 3.05) is 11.5 Å². The Labute approximate surface area is 95.3 Å². The molecule has 1 amide bonds. The maximum atomic E-state index is 12.6. The van der Waals surface area contributed by atoms with Crippen molar-refractivity contribution in [3.05, 3.63) is 0 Å². The Morgan fingerprint density at radius 3 is 2.12 bits per heavy atom. The van der Waals surface area contributed by atoms with Crippen molar-refractivity contribution < 1.29 is 30.8 Å². The summed E-state index contributed by atoms with van der Waals surface area (Å²) in [5.74, 6) is -7.27. The van der Waals surface area contributed by atoms with Crippen LogP contribution < -0.4 is 5.32 Å². The number of sulfone groups is 1. The van der Waals surface area contributed by atoms with Crippen LogP contribution in [0.4, 0.5) is 17.6 Å². The van der Waals surface area contributed by atoms with Gasteiger partial charge in [-0.2, -0.15) is 8.78 Å². The SMILES string of the molecule is O=C(NC1CCS(=O)(=O)CC1)C(F)(F)C(F)F. The third-order valence-electron chi connectivity index (χ3n) is 2.47. The van der Waals surface area contributed by atoms with Crippen molar-refractivity contribution >= 4 is 15.7 Å². The Morgan fingerprint density at radius 1 is 1.24 bits per heavy atom. The van der Waals surface area contributed by atoms with Gasteiger partial charge in [-0.05, 0) is 12.8 Å². The van der Waals surface area contributed by atoms with E-state index in [4.69, 9.17) is 0 Å². The molecular formula is C8H11F4NO3S. The molecule has 100 valence electrons. The highest BCUT2D eigenvalue weighted by atomic mass is 32.2. The molecule has 1 heterocycles. The number of halogens is 4. The number of carbonyl (C=O) groups excluding carboxylic acids is 1. The lowest BCUT2D eigenvalue weighted by atomic mass is 10.1. The second kappa shape index (κ2) is 4.79. The van der Waals surface area contributed by atoms with Crippen LogP contribution in [0.1, 0.15) is 12.8 Å². The first-order valence-electron chi connectivity index (χ1n) is 4.82. The Hall–Kier alpha value is -0.860. The van der Waals surface area contributed by atoms with Crippen LogP contribution in [0, 0.1) is 0 Å². The molecule has 17 heavy (non-hydrogen) atoms. The minimum absolute atomic E-state index is 0.0343. The van der Waals surface area contributed by atoms with Gasteiger partial charge in [-0.3, -0.25) is 4.79 Å². The fraction of sp³-hybridized carbons (Fsp3) is 0.875. The minimum atomic E-state index is -4.74. The highest BCUT2D eigenvalue weighted by molar-refractivity contribution is 7.91. The van der Waals surface area contributed by atoms with Gasteiger partial charge >= 0.3 is 12.3 Å². The van der Waals surface area contributed by atoms with E-state index in [1.165, 1.54) is 0 Å². The van der Waals surface area contributed by atoms with E-state index in [0.29, 0.717) is 0 Å². The smallest absolute Gasteiger partial charge is 0.348 e. The molecule has 1 rings (SSSR count). The van der Waals surface area contributed by atoms with Crippen LogP contribution >= 0.6 is 0 Å². The van der Waals surface area contributed by atoms with Gasteiger partial charge in [0, 0.05) is 6.04 Å². The lowest BCUT2D eigenvalue weighted by Gasteiger charge is -2.25. The van der Waals surface area contributed by atoms with Crippen molar-refractivity contribution in [3.8, 4) is 0 Å². The van der Waals surface area contributed by atoms with E-state index < -0.39 is 34.1 Å². The molecule has 1 aliphatic heterocycles.